The number of amides is 2. The topological polar surface area (TPSA) is 40.6 Å². The van der Waals surface area contributed by atoms with Crippen molar-refractivity contribution in [3.63, 3.8) is 0 Å². The van der Waals surface area contributed by atoms with Gasteiger partial charge in [0.25, 0.3) is 5.91 Å². The molecule has 1 unspecified atom stereocenters. The van der Waals surface area contributed by atoms with Crippen molar-refractivity contribution in [3.05, 3.63) is 71.0 Å². The van der Waals surface area contributed by atoms with Gasteiger partial charge in [-0.05, 0) is 54.8 Å². The molecule has 2 aromatic carbocycles. The van der Waals surface area contributed by atoms with Crippen LogP contribution in [0.3, 0.4) is 0 Å². The molecule has 1 aliphatic rings. The third kappa shape index (κ3) is 5.17. The largest absolute Gasteiger partial charge is 0.416 e. The normalized spacial score (nSPS) is 17.0. The maximum atomic E-state index is 13.1. The maximum absolute atomic E-state index is 13.1. The van der Waals surface area contributed by atoms with Crippen LogP contribution < -0.4 is 0 Å². The average molecular weight is 422 g/mol. The highest BCUT2D eigenvalue weighted by molar-refractivity contribution is 5.94. The van der Waals surface area contributed by atoms with Gasteiger partial charge >= 0.3 is 6.18 Å². The third-order valence-corrected chi connectivity index (χ3v) is 5.23. The molecule has 1 heterocycles. The maximum Gasteiger partial charge on any atom is 0.416 e. The van der Waals surface area contributed by atoms with E-state index in [1.165, 1.54) is 41.3 Å². The predicted molar refractivity (Wildman–Crippen MR) is 103 cm³/mol. The molecular formula is C22H22F4N2O2. The van der Waals surface area contributed by atoms with Gasteiger partial charge < -0.3 is 9.80 Å². The number of hydrogen-bond donors (Lipinski definition) is 0. The van der Waals surface area contributed by atoms with Gasteiger partial charge in [-0.2, -0.15) is 13.2 Å². The first-order valence-corrected chi connectivity index (χ1v) is 9.61. The van der Waals surface area contributed by atoms with Crippen LogP contribution in [-0.2, 0) is 17.5 Å². The highest BCUT2D eigenvalue weighted by Gasteiger charge is 2.32. The van der Waals surface area contributed by atoms with Crippen molar-refractivity contribution >= 4 is 11.8 Å². The van der Waals surface area contributed by atoms with E-state index in [-0.39, 0.29) is 30.8 Å². The standard InChI is InChI=1S/C22H22F4N2O2/c1-27(13-15-4-8-18(9-5-15)22(24,25)26)20(29)17-3-2-12-28(14-17)21(30)16-6-10-19(23)11-7-16/h4-11,17H,2-3,12-14H2,1H3. The minimum atomic E-state index is -4.40. The lowest BCUT2D eigenvalue weighted by Crippen LogP contribution is -2.45. The number of piperidine rings is 1. The summed E-state index contributed by atoms with van der Waals surface area (Å²) in [7, 11) is 1.60. The summed E-state index contributed by atoms with van der Waals surface area (Å²) in [5.74, 6) is -1.23. The van der Waals surface area contributed by atoms with Gasteiger partial charge in [0.2, 0.25) is 5.91 Å². The van der Waals surface area contributed by atoms with Gasteiger partial charge in [0.05, 0.1) is 11.5 Å². The van der Waals surface area contributed by atoms with E-state index in [1.807, 2.05) is 0 Å². The van der Waals surface area contributed by atoms with Gasteiger partial charge in [0, 0.05) is 32.2 Å². The molecule has 0 saturated carbocycles. The predicted octanol–water partition coefficient (Wildman–Crippen LogP) is 4.36. The molecule has 0 aromatic heterocycles. The Kier molecular flexibility index (Phi) is 6.43. The van der Waals surface area contributed by atoms with E-state index in [1.54, 1.807) is 11.9 Å². The van der Waals surface area contributed by atoms with E-state index in [2.05, 4.69) is 0 Å². The minimum absolute atomic E-state index is 0.161. The van der Waals surface area contributed by atoms with Crippen LogP contribution in [-0.4, -0.2) is 41.8 Å². The van der Waals surface area contributed by atoms with Crippen LogP contribution in [0.25, 0.3) is 0 Å². The Bertz CT molecular complexity index is 895. The lowest BCUT2D eigenvalue weighted by molar-refractivity contribution is -0.138. The number of carbonyl (C=O) groups is 2. The Morgan fingerprint density at radius 2 is 1.70 bits per heavy atom. The van der Waals surface area contributed by atoms with Crippen LogP contribution in [0.1, 0.15) is 34.3 Å². The van der Waals surface area contributed by atoms with Gasteiger partial charge in [-0.3, -0.25) is 9.59 Å². The van der Waals surface area contributed by atoms with Crippen LogP contribution in [0, 0.1) is 11.7 Å². The molecule has 4 nitrogen and oxygen atoms in total. The zero-order valence-electron chi connectivity index (χ0n) is 16.5. The van der Waals surface area contributed by atoms with Gasteiger partial charge in [-0.25, -0.2) is 4.39 Å². The summed E-state index contributed by atoms with van der Waals surface area (Å²) in [6.45, 7) is 0.953. The van der Waals surface area contributed by atoms with E-state index in [9.17, 15) is 27.2 Å². The molecule has 2 aromatic rings. The molecule has 3 rings (SSSR count). The fourth-order valence-electron chi connectivity index (χ4n) is 3.60. The number of alkyl halides is 3. The fourth-order valence-corrected chi connectivity index (χ4v) is 3.60. The Hall–Kier alpha value is -2.90. The number of likely N-dealkylation sites (tertiary alicyclic amines) is 1. The summed E-state index contributed by atoms with van der Waals surface area (Å²) < 4.78 is 51.1. The molecule has 160 valence electrons. The van der Waals surface area contributed by atoms with Crippen LogP contribution in [0.15, 0.2) is 48.5 Å². The lowest BCUT2D eigenvalue weighted by atomic mass is 9.95. The molecule has 0 aliphatic carbocycles. The number of carbonyl (C=O) groups excluding carboxylic acids is 2. The van der Waals surface area contributed by atoms with Crippen LogP contribution in [0.2, 0.25) is 0 Å². The second kappa shape index (κ2) is 8.85. The Morgan fingerprint density at radius 3 is 2.30 bits per heavy atom. The number of hydrogen-bond acceptors (Lipinski definition) is 2. The van der Waals surface area contributed by atoms with Gasteiger partial charge in [0.1, 0.15) is 5.82 Å². The molecule has 8 heteroatoms. The van der Waals surface area contributed by atoms with Crippen LogP contribution >= 0.6 is 0 Å². The molecule has 2 amide bonds. The van der Waals surface area contributed by atoms with Crippen molar-refractivity contribution in [2.45, 2.75) is 25.6 Å². The molecule has 0 bridgehead atoms. The first-order valence-electron chi connectivity index (χ1n) is 9.61. The average Bonchev–Trinajstić information content (AvgIpc) is 2.73. The van der Waals surface area contributed by atoms with Gasteiger partial charge in [-0.15, -0.1) is 0 Å². The third-order valence-electron chi connectivity index (χ3n) is 5.23. The number of rotatable bonds is 4. The Balaban J connectivity index is 1.61. The van der Waals surface area contributed by atoms with E-state index in [0.717, 1.165) is 12.1 Å². The Morgan fingerprint density at radius 1 is 1.07 bits per heavy atom. The fraction of sp³-hybridized carbons (Fsp3) is 0.364. The summed E-state index contributed by atoms with van der Waals surface area (Å²) in [6.07, 6.45) is -3.11. The van der Waals surface area contributed by atoms with Crippen molar-refractivity contribution in [2.75, 3.05) is 20.1 Å². The zero-order chi connectivity index (χ0) is 21.9. The van der Waals surface area contributed by atoms with E-state index in [0.29, 0.717) is 30.5 Å². The SMILES string of the molecule is CN(Cc1ccc(C(F)(F)F)cc1)C(=O)C1CCCN(C(=O)c2ccc(F)cc2)C1. The summed E-state index contributed by atoms with van der Waals surface area (Å²) in [4.78, 5) is 28.5. The smallest absolute Gasteiger partial charge is 0.341 e. The monoisotopic (exact) mass is 422 g/mol. The van der Waals surface area contributed by atoms with Crippen LogP contribution in [0.4, 0.5) is 17.6 Å². The van der Waals surface area contributed by atoms with Crippen molar-refractivity contribution in [2.24, 2.45) is 5.92 Å². The molecule has 1 saturated heterocycles. The summed E-state index contributed by atoms with van der Waals surface area (Å²) >= 11 is 0. The first kappa shape index (κ1) is 21.8. The van der Waals surface area contributed by atoms with E-state index >= 15 is 0 Å². The summed E-state index contributed by atoms with van der Waals surface area (Å²) in [6, 6.07) is 9.99. The zero-order valence-corrected chi connectivity index (χ0v) is 16.5. The molecular weight excluding hydrogens is 400 g/mol. The lowest BCUT2D eigenvalue weighted by Gasteiger charge is -2.34. The van der Waals surface area contributed by atoms with Crippen molar-refractivity contribution < 1.29 is 27.2 Å². The quantitative estimate of drug-likeness (QED) is 0.688. The molecule has 0 radical (unpaired) electrons. The molecule has 1 aliphatic heterocycles. The van der Waals surface area contributed by atoms with Crippen molar-refractivity contribution in [1.82, 2.24) is 9.80 Å². The van der Waals surface area contributed by atoms with Crippen molar-refractivity contribution in [3.8, 4) is 0 Å². The van der Waals surface area contributed by atoms with Crippen LogP contribution in [0.5, 0.6) is 0 Å². The van der Waals surface area contributed by atoms with E-state index in [4.69, 9.17) is 0 Å². The first-order chi connectivity index (χ1) is 14.1. The number of benzene rings is 2. The summed E-state index contributed by atoms with van der Waals surface area (Å²) in [5.41, 5.74) is 0.221. The van der Waals surface area contributed by atoms with Gasteiger partial charge in [0.15, 0.2) is 0 Å². The second-order valence-corrected chi connectivity index (χ2v) is 7.49. The molecule has 1 atom stereocenters. The second-order valence-electron chi connectivity index (χ2n) is 7.49. The van der Waals surface area contributed by atoms with Crippen molar-refractivity contribution in [1.29, 1.82) is 0 Å². The van der Waals surface area contributed by atoms with E-state index < -0.39 is 17.6 Å². The molecule has 1 fully saturated rings. The number of nitrogens with zero attached hydrogens (tertiary/aromatic N) is 2. The number of halogens is 4. The van der Waals surface area contributed by atoms with Gasteiger partial charge in [-0.1, -0.05) is 12.1 Å². The Labute approximate surface area is 172 Å². The highest BCUT2D eigenvalue weighted by Crippen LogP contribution is 2.29. The summed E-state index contributed by atoms with van der Waals surface area (Å²) in [5, 5.41) is 0. The molecule has 30 heavy (non-hydrogen) atoms. The minimum Gasteiger partial charge on any atom is -0.341 e. The highest BCUT2D eigenvalue weighted by atomic mass is 19.4. The molecule has 0 N–H and O–H groups in total. The molecule has 0 spiro atoms.